The zero-order valence-corrected chi connectivity index (χ0v) is 11.8. The monoisotopic (exact) mass is 294 g/mol. The Hall–Kier alpha value is -0.810. The summed E-state index contributed by atoms with van der Waals surface area (Å²) >= 11 is 0. The molecule has 18 heavy (non-hydrogen) atoms. The third-order valence-electron chi connectivity index (χ3n) is 2.63. The molecule has 102 valence electrons. The molecule has 1 atom stereocenters. The second kappa shape index (κ2) is 6.38. The minimum absolute atomic E-state index is 0.124. The molecule has 1 unspecified atom stereocenters. The summed E-state index contributed by atoms with van der Waals surface area (Å²) in [5, 5.41) is 0. The predicted molar refractivity (Wildman–Crippen MR) is 69.9 cm³/mol. The lowest BCUT2D eigenvalue weighted by molar-refractivity contribution is 0.225. The zero-order valence-electron chi connectivity index (χ0n) is 10.3. The number of rotatable bonds is 6. The molecular formula is C12H16ClFO3S. The maximum Gasteiger partial charge on any atom is 0.233 e. The fraction of sp³-hybridized carbons (Fsp3) is 0.500. The van der Waals surface area contributed by atoms with Crippen LogP contribution in [0.4, 0.5) is 4.39 Å². The van der Waals surface area contributed by atoms with E-state index in [4.69, 9.17) is 15.4 Å². The van der Waals surface area contributed by atoms with Crippen molar-refractivity contribution in [1.82, 2.24) is 0 Å². The molecule has 0 radical (unpaired) electrons. The van der Waals surface area contributed by atoms with Crippen LogP contribution in [0.3, 0.4) is 0 Å². The molecule has 0 N–H and O–H groups in total. The van der Waals surface area contributed by atoms with Crippen molar-refractivity contribution in [2.24, 2.45) is 11.8 Å². The molecule has 0 saturated carbocycles. The lowest BCUT2D eigenvalue weighted by atomic mass is 9.99. The zero-order chi connectivity index (χ0) is 13.8. The fourth-order valence-electron chi connectivity index (χ4n) is 1.42. The Balaban J connectivity index is 2.60. The Kier molecular flexibility index (Phi) is 5.41. The van der Waals surface area contributed by atoms with Crippen LogP contribution >= 0.6 is 10.7 Å². The van der Waals surface area contributed by atoms with E-state index >= 15 is 0 Å². The van der Waals surface area contributed by atoms with E-state index in [0.29, 0.717) is 5.75 Å². The summed E-state index contributed by atoms with van der Waals surface area (Å²) in [6.07, 6.45) is 0. The molecule has 0 saturated heterocycles. The van der Waals surface area contributed by atoms with Crippen LogP contribution < -0.4 is 4.74 Å². The van der Waals surface area contributed by atoms with Crippen LogP contribution in [0.15, 0.2) is 24.3 Å². The van der Waals surface area contributed by atoms with Gasteiger partial charge in [0.2, 0.25) is 9.05 Å². The summed E-state index contributed by atoms with van der Waals surface area (Å²) in [7, 11) is 1.69. The Bertz CT molecular complexity index is 471. The van der Waals surface area contributed by atoms with Crippen molar-refractivity contribution in [2.75, 3.05) is 12.4 Å². The average Bonchev–Trinajstić information content (AvgIpc) is 2.24. The highest BCUT2D eigenvalue weighted by atomic mass is 35.7. The van der Waals surface area contributed by atoms with Crippen LogP contribution in [0.5, 0.6) is 5.75 Å². The molecular weight excluding hydrogens is 279 g/mol. The van der Waals surface area contributed by atoms with E-state index in [-0.39, 0.29) is 30.0 Å². The third kappa shape index (κ3) is 5.69. The van der Waals surface area contributed by atoms with Crippen LogP contribution in [0, 0.1) is 17.7 Å². The number of hydrogen-bond acceptors (Lipinski definition) is 3. The Labute approximate surface area is 111 Å². The standard InChI is InChI=1S/C12H16ClFO3S/c1-9(2)10(8-18(13,15)16)7-17-12-5-3-11(14)4-6-12/h3-6,9-10H,7-8H2,1-2H3. The van der Waals surface area contributed by atoms with Crippen molar-refractivity contribution in [3.8, 4) is 5.75 Å². The minimum Gasteiger partial charge on any atom is -0.493 e. The van der Waals surface area contributed by atoms with Gasteiger partial charge in [-0.15, -0.1) is 0 Å². The molecule has 6 heteroatoms. The normalized spacial score (nSPS) is 13.6. The molecule has 3 nitrogen and oxygen atoms in total. The summed E-state index contributed by atoms with van der Waals surface area (Å²) in [6, 6.07) is 5.58. The van der Waals surface area contributed by atoms with Crippen molar-refractivity contribution < 1.29 is 17.5 Å². The second-order valence-electron chi connectivity index (χ2n) is 4.47. The first-order chi connectivity index (χ1) is 8.28. The molecule has 1 aromatic carbocycles. The van der Waals surface area contributed by atoms with E-state index < -0.39 is 9.05 Å². The van der Waals surface area contributed by atoms with Gasteiger partial charge in [0.15, 0.2) is 0 Å². The van der Waals surface area contributed by atoms with Gasteiger partial charge in [-0.3, -0.25) is 0 Å². The largest absolute Gasteiger partial charge is 0.493 e. The van der Waals surface area contributed by atoms with Crippen molar-refractivity contribution in [2.45, 2.75) is 13.8 Å². The Morgan fingerprint density at radius 1 is 1.28 bits per heavy atom. The molecule has 0 spiro atoms. The minimum atomic E-state index is -3.55. The summed E-state index contributed by atoms with van der Waals surface area (Å²) in [5.74, 6) is -0.0374. The summed E-state index contributed by atoms with van der Waals surface area (Å²) in [6.45, 7) is 4.04. The maximum atomic E-state index is 12.7. The number of hydrogen-bond donors (Lipinski definition) is 0. The van der Waals surface area contributed by atoms with Crippen molar-refractivity contribution in [3.05, 3.63) is 30.1 Å². The van der Waals surface area contributed by atoms with Gasteiger partial charge in [-0.1, -0.05) is 13.8 Å². The molecule has 1 rings (SSSR count). The highest BCUT2D eigenvalue weighted by Gasteiger charge is 2.21. The van der Waals surface area contributed by atoms with Crippen molar-refractivity contribution in [3.63, 3.8) is 0 Å². The average molecular weight is 295 g/mol. The lowest BCUT2D eigenvalue weighted by Gasteiger charge is -2.19. The molecule has 0 heterocycles. The van der Waals surface area contributed by atoms with Crippen LogP contribution in [-0.2, 0) is 9.05 Å². The molecule has 0 fully saturated rings. The smallest absolute Gasteiger partial charge is 0.233 e. The molecule has 1 aromatic rings. The Morgan fingerprint density at radius 3 is 2.28 bits per heavy atom. The molecule has 0 aliphatic rings. The fourth-order valence-corrected chi connectivity index (χ4v) is 2.90. The van der Waals surface area contributed by atoms with E-state index in [1.54, 1.807) is 0 Å². The third-order valence-corrected chi connectivity index (χ3v) is 3.84. The summed E-state index contributed by atoms with van der Waals surface area (Å²) in [5.41, 5.74) is 0. The van der Waals surface area contributed by atoms with Gasteiger partial charge in [-0.25, -0.2) is 12.8 Å². The molecule has 0 aliphatic heterocycles. The SMILES string of the molecule is CC(C)C(COc1ccc(F)cc1)CS(=O)(=O)Cl. The second-order valence-corrected chi connectivity index (χ2v) is 7.30. The highest BCUT2D eigenvalue weighted by Crippen LogP contribution is 2.18. The van der Waals surface area contributed by atoms with Crippen LogP contribution in [0.1, 0.15) is 13.8 Å². The van der Waals surface area contributed by atoms with Crippen molar-refractivity contribution >= 4 is 19.7 Å². The van der Waals surface area contributed by atoms with Gasteiger partial charge in [0.05, 0.1) is 12.4 Å². The molecule has 0 aromatic heterocycles. The number of benzene rings is 1. The topological polar surface area (TPSA) is 43.4 Å². The van der Waals surface area contributed by atoms with E-state index in [1.165, 1.54) is 24.3 Å². The molecule has 0 aliphatic carbocycles. The maximum absolute atomic E-state index is 12.7. The van der Waals surface area contributed by atoms with Gasteiger partial charge in [-0.2, -0.15) is 0 Å². The van der Waals surface area contributed by atoms with Gasteiger partial charge in [0, 0.05) is 16.6 Å². The molecule has 0 amide bonds. The van der Waals surface area contributed by atoms with Crippen LogP contribution in [0.2, 0.25) is 0 Å². The predicted octanol–water partition coefficient (Wildman–Crippen LogP) is 3.05. The van der Waals surface area contributed by atoms with Gasteiger partial charge >= 0.3 is 0 Å². The van der Waals surface area contributed by atoms with Gasteiger partial charge in [0.1, 0.15) is 11.6 Å². The quantitative estimate of drug-likeness (QED) is 0.757. The van der Waals surface area contributed by atoms with Crippen molar-refractivity contribution in [1.29, 1.82) is 0 Å². The lowest BCUT2D eigenvalue weighted by Crippen LogP contribution is -2.24. The van der Waals surface area contributed by atoms with E-state index in [0.717, 1.165) is 0 Å². The highest BCUT2D eigenvalue weighted by molar-refractivity contribution is 8.13. The molecule has 0 bridgehead atoms. The number of halogens is 2. The first-order valence-corrected chi connectivity index (χ1v) is 8.06. The van der Waals surface area contributed by atoms with Crippen LogP contribution in [-0.4, -0.2) is 20.8 Å². The van der Waals surface area contributed by atoms with Gasteiger partial charge < -0.3 is 4.74 Å². The van der Waals surface area contributed by atoms with E-state index in [9.17, 15) is 12.8 Å². The Morgan fingerprint density at radius 2 is 1.83 bits per heavy atom. The van der Waals surface area contributed by atoms with E-state index in [2.05, 4.69) is 0 Å². The number of ether oxygens (including phenoxy) is 1. The summed E-state index contributed by atoms with van der Waals surface area (Å²) in [4.78, 5) is 0. The van der Waals surface area contributed by atoms with Crippen LogP contribution in [0.25, 0.3) is 0 Å². The summed E-state index contributed by atoms with van der Waals surface area (Å²) < 4.78 is 40.2. The van der Waals surface area contributed by atoms with Gasteiger partial charge in [-0.05, 0) is 30.2 Å². The van der Waals surface area contributed by atoms with Gasteiger partial charge in [0.25, 0.3) is 0 Å². The first kappa shape index (κ1) is 15.2. The first-order valence-electron chi connectivity index (χ1n) is 5.58. The van der Waals surface area contributed by atoms with E-state index in [1.807, 2.05) is 13.8 Å².